The normalized spacial score (nSPS) is 14.6. The van der Waals surface area contributed by atoms with Crippen LogP contribution in [0.2, 0.25) is 0 Å². The Morgan fingerprint density at radius 3 is 2.25 bits per heavy atom. The average molecular weight is 439 g/mol. The molecular formula is C26H34N2O4. The third-order valence-corrected chi connectivity index (χ3v) is 5.98. The maximum Gasteiger partial charge on any atom is 0.261 e. The average Bonchev–Trinajstić information content (AvgIpc) is 3.31. The highest BCUT2D eigenvalue weighted by Crippen LogP contribution is 2.20. The predicted molar refractivity (Wildman–Crippen MR) is 125 cm³/mol. The van der Waals surface area contributed by atoms with E-state index in [1.54, 1.807) is 12.0 Å². The first kappa shape index (κ1) is 23.6. The molecule has 172 valence electrons. The molecule has 1 aliphatic carbocycles. The highest BCUT2D eigenvalue weighted by Gasteiger charge is 2.30. The molecule has 6 nitrogen and oxygen atoms in total. The van der Waals surface area contributed by atoms with E-state index in [0.717, 1.165) is 42.6 Å². The maximum absolute atomic E-state index is 13.2. The summed E-state index contributed by atoms with van der Waals surface area (Å²) in [5, 5.41) is 3.16. The largest absolute Gasteiger partial charge is 0.497 e. The minimum absolute atomic E-state index is 0.0865. The summed E-state index contributed by atoms with van der Waals surface area (Å²) in [6, 6.07) is 14.8. The molecule has 2 aromatic carbocycles. The van der Waals surface area contributed by atoms with Crippen molar-refractivity contribution in [3.05, 3.63) is 59.7 Å². The number of methoxy groups -OCH3 is 1. The third-order valence-electron chi connectivity index (χ3n) is 5.98. The van der Waals surface area contributed by atoms with Crippen molar-refractivity contribution in [3.63, 3.8) is 0 Å². The molecule has 6 heteroatoms. The van der Waals surface area contributed by atoms with Gasteiger partial charge >= 0.3 is 0 Å². The zero-order valence-corrected chi connectivity index (χ0v) is 19.3. The first-order valence-electron chi connectivity index (χ1n) is 11.4. The number of aryl methyl sites for hydroxylation is 1. The molecule has 1 atom stereocenters. The number of amides is 2. The van der Waals surface area contributed by atoms with Crippen LogP contribution in [0.3, 0.4) is 0 Å². The minimum Gasteiger partial charge on any atom is -0.497 e. The molecule has 0 heterocycles. The lowest BCUT2D eigenvalue weighted by atomic mass is 10.1. The molecule has 0 bridgehead atoms. The number of ether oxygens (including phenoxy) is 2. The van der Waals surface area contributed by atoms with Gasteiger partial charge in [0.15, 0.2) is 6.61 Å². The van der Waals surface area contributed by atoms with Gasteiger partial charge in [0, 0.05) is 12.6 Å². The van der Waals surface area contributed by atoms with Gasteiger partial charge in [-0.3, -0.25) is 9.59 Å². The molecule has 1 saturated carbocycles. The Morgan fingerprint density at radius 1 is 1.03 bits per heavy atom. The summed E-state index contributed by atoms with van der Waals surface area (Å²) in [4.78, 5) is 28.0. The first-order chi connectivity index (χ1) is 15.5. The fraction of sp³-hybridized carbons (Fsp3) is 0.462. The van der Waals surface area contributed by atoms with Gasteiger partial charge in [-0.1, -0.05) is 49.6 Å². The summed E-state index contributed by atoms with van der Waals surface area (Å²) in [5.74, 6) is 1.09. The lowest BCUT2D eigenvalue weighted by Gasteiger charge is -2.31. The van der Waals surface area contributed by atoms with E-state index in [2.05, 4.69) is 5.32 Å². The van der Waals surface area contributed by atoms with Gasteiger partial charge in [-0.15, -0.1) is 0 Å². The van der Waals surface area contributed by atoms with Gasteiger partial charge in [0.1, 0.15) is 17.5 Å². The fourth-order valence-corrected chi connectivity index (χ4v) is 4.08. The van der Waals surface area contributed by atoms with Gasteiger partial charge in [-0.25, -0.2) is 0 Å². The van der Waals surface area contributed by atoms with Crippen molar-refractivity contribution in [1.29, 1.82) is 0 Å². The summed E-state index contributed by atoms with van der Waals surface area (Å²) in [6.07, 6.45) is 4.82. The third kappa shape index (κ3) is 6.49. The van der Waals surface area contributed by atoms with E-state index < -0.39 is 6.04 Å². The van der Waals surface area contributed by atoms with Crippen molar-refractivity contribution in [1.82, 2.24) is 10.2 Å². The molecule has 2 amide bonds. The molecule has 0 spiro atoms. The minimum atomic E-state index is -0.549. The van der Waals surface area contributed by atoms with Gasteiger partial charge in [-0.2, -0.15) is 0 Å². The van der Waals surface area contributed by atoms with Gasteiger partial charge in [0.25, 0.3) is 5.91 Å². The van der Waals surface area contributed by atoms with Crippen LogP contribution in [-0.2, 0) is 16.1 Å². The molecule has 0 aromatic heterocycles. The van der Waals surface area contributed by atoms with E-state index >= 15 is 0 Å². The van der Waals surface area contributed by atoms with E-state index in [1.165, 1.54) is 0 Å². The molecule has 0 radical (unpaired) electrons. The number of benzene rings is 2. The SMILES string of the molecule is CC[C@@H](C(=O)NC1CCCC1)N(Cc1ccc(OC)cc1)C(=O)COc1ccc(C)cc1. The Labute approximate surface area is 190 Å². The topological polar surface area (TPSA) is 67.9 Å². The van der Waals surface area contributed by atoms with Crippen LogP contribution in [0.5, 0.6) is 11.5 Å². The van der Waals surface area contributed by atoms with E-state index in [1.807, 2.05) is 62.4 Å². The molecule has 0 unspecified atom stereocenters. The quantitative estimate of drug-likeness (QED) is 0.602. The van der Waals surface area contributed by atoms with Crippen LogP contribution in [0.15, 0.2) is 48.5 Å². The number of carbonyl (C=O) groups is 2. The Hall–Kier alpha value is -3.02. The zero-order valence-electron chi connectivity index (χ0n) is 19.3. The summed E-state index contributed by atoms with van der Waals surface area (Å²) >= 11 is 0. The van der Waals surface area contributed by atoms with Crippen molar-refractivity contribution in [3.8, 4) is 11.5 Å². The lowest BCUT2D eigenvalue weighted by Crippen LogP contribution is -2.52. The van der Waals surface area contributed by atoms with Crippen LogP contribution < -0.4 is 14.8 Å². The van der Waals surface area contributed by atoms with Gasteiger partial charge < -0.3 is 19.7 Å². The van der Waals surface area contributed by atoms with Crippen molar-refractivity contribution in [2.45, 2.75) is 64.6 Å². The molecule has 0 saturated heterocycles. The van der Waals surface area contributed by atoms with Crippen LogP contribution in [-0.4, -0.2) is 42.5 Å². The van der Waals surface area contributed by atoms with E-state index in [-0.39, 0.29) is 24.5 Å². The highest BCUT2D eigenvalue weighted by molar-refractivity contribution is 5.88. The van der Waals surface area contributed by atoms with E-state index in [9.17, 15) is 9.59 Å². The summed E-state index contributed by atoms with van der Waals surface area (Å²) in [7, 11) is 1.62. The van der Waals surface area contributed by atoms with Crippen LogP contribution in [0.25, 0.3) is 0 Å². The Balaban J connectivity index is 1.74. The van der Waals surface area contributed by atoms with Crippen molar-refractivity contribution < 1.29 is 19.1 Å². The summed E-state index contributed by atoms with van der Waals surface area (Å²) in [5.41, 5.74) is 2.06. The molecule has 1 N–H and O–H groups in total. The fourth-order valence-electron chi connectivity index (χ4n) is 4.08. The Kier molecular flexibility index (Phi) is 8.54. The van der Waals surface area contributed by atoms with Crippen LogP contribution in [0.4, 0.5) is 0 Å². The first-order valence-corrected chi connectivity index (χ1v) is 11.4. The Morgan fingerprint density at radius 2 is 1.66 bits per heavy atom. The molecule has 32 heavy (non-hydrogen) atoms. The molecule has 3 rings (SSSR count). The number of nitrogens with zero attached hydrogens (tertiary/aromatic N) is 1. The maximum atomic E-state index is 13.2. The number of carbonyl (C=O) groups excluding carboxylic acids is 2. The molecule has 2 aromatic rings. The monoisotopic (exact) mass is 438 g/mol. The van der Waals surface area contributed by atoms with Gasteiger partial charge in [-0.05, 0) is 56.0 Å². The molecule has 1 fully saturated rings. The Bertz CT molecular complexity index is 874. The van der Waals surface area contributed by atoms with Gasteiger partial charge in [0.2, 0.25) is 5.91 Å². The van der Waals surface area contributed by atoms with Crippen LogP contribution in [0.1, 0.15) is 50.2 Å². The van der Waals surface area contributed by atoms with Crippen LogP contribution >= 0.6 is 0 Å². The molecule has 0 aliphatic heterocycles. The van der Waals surface area contributed by atoms with Gasteiger partial charge in [0.05, 0.1) is 7.11 Å². The second-order valence-electron chi connectivity index (χ2n) is 8.39. The second kappa shape index (κ2) is 11.6. The zero-order chi connectivity index (χ0) is 22.9. The standard InChI is InChI=1S/C26H34N2O4/c1-4-24(26(30)27-21-7-5-6-8-21)28(17-20-11-15-22(31-3)16-12-20)25(29)18-32-23-13-9-19(2)10-14-23/h9-16,21,24H,4-8,17-18H2,1-3H3,(H,27,30)/t24-/m0/s1. The van der Waals surface area contributed by atoms with Crippen molar-refractivity contribution >= 4 is 11.8 Å². The molecule has 1 aliphatic rings. The number of hydrogen-bond donors (Lipinski definition) is 1. The van der Waals surface area contributed by atoms with E-state index in [0.29, 0.717) is 18.7 Å². The number of nitrogens with one attached hydrogen (secondary N) is 1. The summed E-state index contributed by atoms with van der Waals surface area (Å²) in [6.45, 7) is 4.15. The molecular weight excluding hydrogens is 404 g/mol. The van der Waals surface area contributed by atoms with Crippen LogP contribution in [0, 0.1) is 6.92 Å². The highest BCUT2D eigenvalue weighted by atomic mass is 16.5. The smallest absolute Gasteiger partial charge is 0.261 e. The van der Waals surface area contributed by atoms with Crippen molar-refractivity contribution in [2.75, 3.05) is 13.7 Å². The summed E-state index contributed by atoms with van der Waals surface area (Å²) < 4.78 is 11.0. The predicted octanol–water partition coefficient (Wildman–Crippen LogP) is 4.25. The van der Waals surface area contributed by atoms with E-state index in [4.69, 9.17) is 9.47 Å². The number of hydrogen-bond acceptors (Lipinski definition) is 4. The van der Waals surface area contributed by atoms with Crippen molar-refractivity contribution in [2.24, 2.45) is 0 Å². The lowest BCUT2D eigenvalue weighted by molar-refractivity contribution is -0.143. The second-order valence-corrected chi connectivity index (χ2v) is 8.39. The number of rotatable bonds is 10.